The second-order valence-corrected chi connectivity index (χ2v) is 3.00. The van der Waals surface area contributed by atoms with E-state index < -0.39 is 18.5 Å². The minimum atomic E-state index is -1.10. The van der Waals surface area contributed by atoms with Gasteiger partial charge in [-0.15, -0.1) is 0 Å². The fourth-order valence-corrected chi connectivity index (χ4v) is 0.938. The lowest BCUT2D eigenvalue weighted by molar-refractivity contribution is -0.135. The van der Waals surface area contributed by atoms with Gasteiger partial charge in [-0.25, -0.2) is 4.79 Å². The molecule has 0 aliphatic heterocycles. The molecule has 3 N–H and O–H groups in total. The van der Waals surface area contributed by atoms with E-state index in [0.717, 1.165) is 5.69 Å². The van der Waals surface area contributed by atoms with Crippen LogP contribution in [-0.2, 0) is 11.8 Å². The van der Waals surface area contributed by atoms with Crippen molar-refractivity contribution >= 4 is 17.8 Å². The van der Waals surface area contributed by atoms with Crippen LogP contribution in [0.2, 0.25) is 0 Å². The van der Waals surface area contributed by atoms with E-state index >= 15 is 0 Å². The van der Waals surface area contributed by atoms with E-state index in [4.69, 9.17) is 5.11 Å². The Kier molecular flexibility index (Phi) is 3.27. The lowest BCUT2D eigenvalue weighted by Crippen LogP contribution is -2.33. The first-order valence-electron chi connectivity index (χ1n) is 4.26. The van der Waals surface area contributed by atoms with Crippen LogP contribution >= 0.6 is 0 Å². The summed E-state index contributed by atoms with van der Waals surface area (Å²) in [5, 5.41) is 16.9. The molecule has 7 heteroatoms. The van der Waals surface area contributed by atoms with Crippen LogP contribution in [-0.4, -0.2) is 33.4 Å². The molecule has 7 nitrogen and oxygen atoms in total. The maximum absolute atomic E-state index is 11.1. The Labute approximate surface area is 86.1 Å². The highest BCUT2D eigenvalue weighted by atomic mass is 16.4. The predicted octanol–water partition coefficient (Wildman–Crippen LogP) is -0.0654. The SMILES string of the molecule is Cc1cc(NC(=O)NCC(=O)O)nn1C. The van der Waals surface area contributed by atoms with Crippen LogP contribution in [0.5, 0.6) is 0 Å². The van der Waals surface area contributed by atoms with Crippen molar-refractivity contribution in [1.82, 2.24) is 15.1 Å². The number of aryl methyl sites for hydroxylation is 2. The number of hydrogen-bond acceptors (Lipinski definition) is 3. The number of amides is 2. The van der Waals surface area contributed by atoms with Crippen LogP contribution in [0.4, 0.5) is 10.6 Å². The molecule has 0 atom stereocenters. The number of nitrogens with zero attached hydrogens (tertiary/aromatic N) is 2. The van der Waals surface area contributed by atoms with Gasteiger partial charge < -0.3 is 10.4 Å². The molecule has 0 unspecified atom stereocenters. The van der Waals surface area contributed by atoms with E-state index in [9.17, 15) is 9.59 Å². The normalized spacial score (nSPS) is 9.73. The summed E-state index contributed by atoms with van der Waals surface area (Å²) in [7, 11) is 1.75. The summed E-state index contributed by atoms with van der Waals surface area (Å²) in [6, 6.07) is 1.09. The number of urea groups is 1. The molecule has 0 bridgehead atoms. The van der Waals surface area contributed by atoms with Crippen LogP contribution in [0.25, 0.3) is 0 Å². The number of anilines is 1. The third-order valence-electron chi connectivity index (χ3n) is 1.76. The number of nitrogens with one attached hydrogen (secondary N) is 2. The van der Waals surface area contributed by atoms with Crippen molar-refractivity contribution in [1.29, 1.82) is 0 Å². The van der Waals surface area contributed by atoms with E-state index in [2.05, 4.69) is 15.7 Å². The molecule has 0 aromatic carbocycles. The van der Waals surface area contributed by atoms with Gasteiger partial charge in [-0.3, -0.25) is 14.8 Å². The molecule has 0 aliphatic rings. The molecule has 0 spiro atoms. The topological polar surface area (TPSA) is 96.2 Å². The van der Waals surface area contributed by atoms with Crippen molar-refractivity contribution in [3.8, 4) is 0 Å². The zero-order valence-electron chi connectivity index (χ0n) is 8.44. The largest absolute Gasteiger partial charge is 0.480 e. The fourth-order valence-electron chi connectivity index (χ4n) is 0.938. The van der Waals surface area contributed by atoms with E-state index in [0.29, 0.717) is 5.82 Å². The minimum Gasteiger partial charge on any atom is -0.480 e. The van der Waals surface area contributed by atoms with Crippen molar-refractivity contribution < 1.29 is 14.7 Å². The first-order chi connectivity index (χ1) is 6.99. The van der Waals surface area contributed by atoms with Crippen LogP contribution in [0.3, 0.4) is 0 Å². The Morgan fingerprint density at radius 3 is 2.73 bits per heavy atom. The Morgan fingerprint density at radius 2 is 2.27 bits per heavy atom. The molecule has 1 aromatic heterocycles. The highest BCUT2D eigenvalue weighted by Crippen LogP contribution is 2.05. The summed E-state index contributed by atoms with van der Waals surface area (Å²) in [6.45, 7) is 1.42. The Bertz CT molecular complexity index is 366. The lowest BCUT2D eigenvalue weighted by Gasteiger charge is -2.01. The van der Waals surface area contributed by atoms with Gasteiger partial charge >= 0.3 is 12.0 Å². The van der Waals surface area contributed by atoms with Crippen LogP contribution in [0, 0.1) is 6.92 Å². The van der Waals surface area contributed by atoms with Crippen LogP contribution in [0.15, 0.2) is 6.07 Å². The first kappa shape index (κ1) is 11.0. The standard InChI is InChI=1S/C8H12N4O3/c1-5-3-6(11-12(5)2)10-8(15)9-4-7(13)14/h3H,4H2,1-2H3,(H,13,14)(H2,9,10,11,15). The Hall–Kier alpha value is -2.05. The summed E-state index contributed by atoms with van der Waals surface area (Å²) in [5.41, 5.74) is 0.892. The quantitative estimate of drug-likeness (QED) is 0.653. The van der Waals surface area contributed by atoms with E-state index in [-0.39, 0.29) is 0 Å². The Morgan fingerprint density at radius 1 is 1.60 bits per heavy atom. The van der Waals surface area contributed by atoms with Gasteiger partial charge in [0.05, 0.1) is 0 Å². The number of carbonyl (C=O) groups is 2. The number of carbonyl (C=O) groups excluding carboxylic acids is 1. The van der Waals surface area contributed by atoms with Crippen molar-refractivity contribution in [2.45, 2.75) is 6.92 Å². The number of aliphatic carboxylic acids is 1. The van der Waals surface area contributed by atoms with Gasteiger partial charge in [0.25, 0.3) is 0 Å². The summed E-state index contributed by atoms with van der Waals surface area (Å²) in [4.78, 5) is 21.3. The zero-order chi connectivity index (χ0) is 11.4. The van der Waals surface area contributed by atoms with Crippen molar-refractivity contribution in [2.24, 2.45) is 7.05 Å². The fraction of sp³-hybridized carbons (Fsp3) is 0.375. The summed E-state index contributed by atoms with van der Waals surface area (Å²) in [5.74, 6) is -0.708. The summed E-state index contributed by atoms with van der Waals surface area (Å²) < 4.78 is 1.60. The number of aromatic nitrogens is 2. The second kappa shape index (κ2) is 4.45. The first-order valence-corrected chi connectivity index (χ1v) is 4.26. The van der Waals surface area contributed by atoms with Gasteiger partial charge in [0.1, 0.15) is 6.54 Å². The number of carboxylic acid groups (broad SMARTS) is 1. The summed E-state index contributed by atoms with van der Waals surface area (Å²) in [6.07, 6.45) is 0. The molecule has 82 valence electrons. The maximum Gasteiger partial charge on any atom is 0.323 e. The molecule has 0 saturated carbocycles. The maximum atomic E-state index is 11.1. The van der Waals surface area contributed by atoms with Crippen molar-refractivity contribution in [3.63, 3.8) is 0 Å². The molecule has 1 heterocycles. The van der Waals surface area contributed by atoms with Gasteiger partial charge in [-0.2, -0.15) is 5.10 Å². The van der Waals surface area contributed by atoms with Crippen LogP contribution in [0.1, 0.15) is 5.69 Å². The van der Waals surface area contributed by atoms with E-state index in [1.54, 1.807) is 17.8 Å². The number of carboxylic acids is 1. The van der Waals surface area contributed by atoms with Gasteiger partial charge in [-0.1, -0.05) is 0 Å². The third-order valence-corrected chi connectivity index (χ3v) is 1.76. The minimum absolute atomic E-state index is 0.387. The highest BCUT2D eigenvalue weighted by Gasteiger charge is 2.06. The monoisotopic (exact) mass is 212 g/mol. The van der Waals surface area contributed by atoms with Crippen LogP contribution < -0.4 is 10.6 Å². The zero-order valence-corrected chi connectivity index (χ0v) is 8.44. The lowest BCUT2D eigenvalue weighted by atomic mass is 10.5. The highest BCUT2D eigenvalue weighted by molar-refractivity contribution is 5.90. The molecule has 0 fully saturated rings. The second-order valence-electron chi connectivity index (χ2n) is 3.00. The molecular formula is C8H12N4O3. The predicted molar refractivity (Wildman–Crippen MR) is 52.6 cm³/mol. The van der Waals surface area contributed by atoms with Gasteiger partial charge in [0.15, 0.2) is 5.82 Å². The molecule has 15 heavy (non-hydrogen) atoms. The molecule has 2 amide bonds. The number of hydrogen-bond donors (Lipinski definition) is 3. The van der Waals surface area contributed by atoms with Gasteiger partial charge in [-0.05, 0) is 6.92 Å². The van der Waals surface area contributed by atoms with E-state index in [1.807, 2.05) is 6.92 Å². The third kappa shape index (κ3) is 3.29. The van der Waals surface area contributed by atoms with E-state index in [1.165, 1.54) is 0 Å². The molecular weight excluding hydrogens is 200 g/mol. The molecule has 0 saturated heterocycles. The number of rotatable bonds is 3. The molecule has 0 radical (unpaired) electrons. The Balaban J connectivity index is 2.48. The molecule has 1 rings (SSSR count). The van der Waals surface area contributed by atoms with Crippen molar-refractivity contribution in [2.75, 3.05) is 11.9 Å². The molecule has 1 aromatic rings. The van der Waals surface area contributed by atoms with Gasteiger partial charge in [0.2, 0.25) is 0 Å². The molecule has 0 aliphatic carbocycles. The average Bonchev–Trinajstić information content (AvgIpc) is 2.42. The smallest absolute Gasteiger partial charge is 0.323 e. The van der Waals surface area contributed by atoms with Crippen molar-refractivity contribution in [3.05, 3.63) is 11.8 Å². The summed E-state index contributed by atoms with van der Waals surface area (Å²) >= 11 is 0. The average molecular weight is 212 g/mol. The van der Waals surface area contributed by atoms with Gasteiger partial charge in [0, 0.05) is 18.8 Å².